The Labute approximate surface area is 188 Å². The predicted molar refractivity (Wildman–Crippen MR) is 125 cm³/mol. The van der Waals surface area contributed by atoms with Gasteiger partial charge >= 0.3 is 0 Å². The van der Waals surface area contributed by atoms with Gasteiger partial charge in [0.15, 0.2) is 0 Å². The van der Waals surface area contributed by atoms with Crippen molar-refractivity contribution in [2.75, 3.05) is 36.9 Å². The zero-order chi connectivity index (χ0) is 21.8. The molecule has 0 saturated carbocycles. The standard InChI is InChI=1S/C24H31N3O3S/c1-3-30-18-11-9-17(10-12-18)25-23(29)22-19-7-4-8-20(19)31-24(22)26-21(28)15-27-13-5-6-16(2)14-27/h9-12,16H,3-8,13-15H2,1-2H3,(H,25,29)(H,26,28)/t16-/m1/s1. The molecule has 1 aliphatic carbocycles. The van der Waals surface area contributed by atoms with Crippen LogP contribution < -0.4 is 15.4 Å². The van der Waals surface area contributed by atoms with E-state index in [0.29, 0.717) is 35.3 Å². The van der Waals surface area contributed by atoms with E-state index in [9.17, 15) is 9.59 Å². The second-order valence-corrected chi connectivity index (χ2v) is 9.61. The third kappa shape index (κ3) is 5.28. The van der Waals surface area contributed by atoms with Crippen LogP contribution in [0, 0.1) is 5.92 Å². The average Bonchev–Trinajstić information content (AvgIpc) is 3.30. The number of fused-ring (bicyclic) bond motifs is 1. The van der Waals surface area contributed by atoms with Gasteiger partial charge in [-0.2, -0.15) is 0 Å². The molecule has 2 amide bonds. The van der Waals surface area contributed by atoms with Gasteiger partial charge in [0, 0.05) is 17.1 Å². The quantitative estimate of drug-likeness (QED) is 0.661. The number of aryl methyl sites for hydroxylation is 1. The third-order valence-electron chi connectivity index (χ3n) is 5.93. The number of carbonyl (C=O) groups excluding carboxylic acids is 2. The van der Waals surface area contributed by atoms with Crippen molar-refractivity contribution in [3.05, 3.63) is 40.3 Å². The predicted octanol–water partition coefficient (Wildman–Crippen LogP) is 4.56. The minimum atomic E-state index is -0.162. The molecule has 7 heteroatoms. The fourth-order valence-corrected chi connectivity index (χ4v) is 5.83. The summed E-state index contributed by atoms with van der Waals surface area (Å²) in [5.41, 5.74) is 2.44. The van der Waals surface area contributed by atoms with Gasteiger partial charge in [-0.05, 0) is 81.3 Å². The Kier molecular flexibility index (Phi) is 6.92. The molecule has 1 aromatic heterocycles. The van der Waals surface area contributed by atoms with Crippen molar-refractivity contribution in [3.8, 4) is 5.75 Å². The Bertz CT molecular complexity index is 938. The van der Waals surface area contributed by atoms with Crippen LogP contribution in [0.1, 0.15) is 53.9 Å². The van der Waals surface area contributed by atoms with Crippen molar-refractivity contribution in [1.82, 2.24) is 4.90 Å². The molecule has 31 heavy (non-hydrogen) atoms. The van der Waals surface area contributed by atoms with Crippen LogP contribution in [-0.4, -0.2) is 43.0 Å². The number of hydrogen-bond donors (Lipinski definition) is 2. The number of likely N-dealkylation sites (tertiary alicyclic amines) is 1. The molecule has 2 aromatic rings. The van der Waals surface area contributed by atoms with Crippen LogP contribution in [0.2, 0.25) is 0 Å². The van der Waals surface area contributed by atoms with Crippen molar-refractivity contribution in [1.29, 1.82) is 0 Å². The zero-order valence-corrected chi connectivity index (χ0v) is 19.1. The lowest BCUT2D eigenvalue weighted by atomic mass is 10.0. The number of ether oxygens (including phenoxy) is 1. The van der Waals surface area contributed by atoms with Crippen molar-refractivity contribution < 1.29 is 14.3 Å². The number of anilines is 2. The van der Waals surface area contributed by atoms with Crippen LogP contribution in [0.5, 0.6) is 5.75 Å². The molecule has 1 aliphatic heterocycles. The molecule has 0 radical (unpaired) electrons. The van der Waals surface area contributed by atoms with Crippen molar-refractivity contribution in [2.24, 2.45) is 5.92 Å². The maximum atomic E-state index is 13.2. The number of thiophene rings is 1. The molecule has 6 nitrogen and oxygen atoms in total. The summed E-state index contributed by atoms with van der Waals surface area (Å²) >= 11 is 1.56. The highest BCUT2D eigenvalue weighted by Crippen LogP contribution is 2.39. The SMILES string of the molecule is CCOc1ccc(NC(=O)c2c(NC(=O)CN3CCC[C@@H](C)C3)sc3c2CCC3)cc1. The lowest BCUT2D eigenvalue weighted by Crippen LogP contribution is -2.39. The van der Waals surface area contributed by atoms with Gasteiger partial charge in [0.05, 0.1) is 18.7 Å². The molecule has 0 bridgehead atoms. The number of hydrogen-bond acceptors (Lipinski definition) is 5. The van der Waals surface area contributed by atoms with Gasteiger partial charge in [-0.15, -0.1) is 11.3 Å². The molecule has 0 spiro atoms. The molecule has 166 valence electrons. The molecule has 2 heterocycles. The van der Waals surface area contributed by atoms with E-state index < -0.39 is 0 Å². The van der Waals surface area contributed by atoms with Crippen molar-refractivity contribution >= 4 is 33.8 Å². The largest absolute Gasteiger partial charge is 0.494 e. The summed E-state index contributed by atoms with van der Waals surface area (Å²) in [7, 11) is 0. The molecular weight excluding hydrogens is 410 g/mol. The lowest BCUT2D eigenvalue weighted by molar-refractivity contribution is -0.117. The maximum absolute atomic E-state index is 13.2. The number of piperidine rings is 1. The fraction of sp³-hybridized carbons (Fsp3) is 0.500. The molecule has 1 atom stereocenters. The lowest BCUT2D eigenvalue weighted by Gasteiger charge is -2.30. The first-order valence-electron chi connectivity index (χ1n) is 11.2. The van der Waals surface area contributed by atoms with Crippen LogP contribution >= 0.6 is 11.3 Å². The van der Waals surface area contributed by atoms with Crippen LogP contribution in [0.4, 0.5) is 10.7 Å². The van der Waals surface area contributed by atoms with E-state index in [-0.39, 0.29) is 11.8 Å². The summed E-state index contributed by atoms with van der Waals surface area (Å²) in [4.78, 5) is 29.4. The maximum Gasteiger partial charge on any atom is 0.258 e. The molecule has 1 fully saturated rings. The van der Waals surface area contributed by atoms with Gasteiger partial charge in [-0.25, -0.2) is 0 Å². The van der Waals surface area contributed by atoms with E-state index in [1.165, 1.54) is 11.3 Å². The number of nitrogens with one attached hydrogen (secondary N) is 2. The number of benzene rings is 1. The molecule has 0 unspecified atom stereocenters. The number of carbonyl (C=O) groups is 2. The minimum absolute atomic E-state index is 0.0378. The Morgan fingerprint density at radius 1 is 1.16 bits per heavy atom. The Balaban J connectivity index is 1.47. The Morgan fingerprint density at radius 3 is 2.71 bits per heavy atom. The number of rotatable bonds is 7. The van der Waals surface area contributed by atoms with Gasteiger partial charge in [0.1, 0.15) is 10.8 Å². The normalized spacial score (nSPS) is 18.5. The van der Waals surface area contributed by atoms with E-state index in [1.54, 1.807) is 11.3 Å². The van der Waals surface area contributed by atoms with Crippen molar-refractivity contribution in [2.45, 2.75) is 46.0 Å². The Hall–Kier alpha value is -2.38. The van der Waals surface area contributed by atoms with E-state index in [1.807, 2.05) is 31.2 Å². The van der Waals surface area contributed by atoms with E-state index in [0.717, 1.165) is 50.1 Å². The van der Waals surface area contributed by atoms with Crippen LogP contribution in [-0.2, 0) is 17.6 Å². The summed E-state index contributed by atoms with van der Waals surface area (Å²) in [6, 6.07) is 7.37. The monoisotopic (exact) mass is 441 g/mol. The highest BCUT2D eigenvalue weighted by atomic mass is 32.1. The van der Waals surface area contributed by atoms with Crippen molar-refractivity contribution in [3.63, 3.8) is 0 Å². The summed E-state index contributed by atoms with van der Waals surface area (Å²) in [6.45, 7) is 7.08. The molecule has 2 N–H and O–H groups in total. The van der Waals surface area contributed by atoms with Gasteiger partial charge in [-0.1, -0.05) is 6.92 Å². The van der Waals surface area contributed by atoms with Gasteiger partial charge in [-0.3, -0.25) is 14.5 Å². The Morgan fingerprint density at radius 2 is 1.97 bits per heavy atom. The van der Waals surface area contributed by atoms with Gasteiger partial charge in [0.25, 0.3) is 5.91 Å². The molecule has 4 rings (SSSR count). The summed E-state index contributed by atoms with van der Waals surface area (Å²) < 4.78 is 5.47. The smallest absolute Gasteiger partial charge is 0.258 e. The fourth-order valence-electron chi connectivity index (χ4n) is 4.53. The van der Waals surface area contributed by atoms with Crippen LogP contribution in [0.3, 0.4) is 0 Å². The molecule has 1 saturated heterocycles. The second-order valence-electron chi connectivity index (χ2n) is 8.50. The first-order valence-corrected chi connectivity index (χ1v) is 12.1. The molecule has 2 aliphatic rings. The van der Waals surface area contributed by atoms with Gasteiger partial charge < -0.3 is 15.4 Å². The third-order valence-corrected chi connectivity index (χ3v) is 7.14. The number of amides is 2. The van der Waals surface area contributed by atoms with E-state index in [2.05, 4.69) is 22.5 Å². The first-order chi connectivity index (χ1) is 15.0. The van der Waals surface area contributed by atoms with E-state index in [4.69, 9.17) is 4.74 Å². The summed E-state index contributed by atoms with van der Waals surface area (Å²) in [5, 5.41) is 6.73. The molecular formula is C24H31N3O3S. The zero-order valence-electron chi connectivity index (χ0n) is 18.3. The van der Waals surface area contributed by atoms with Crippen LogP contribution in [0.25, 0.3) is 0 Å². The van der Waals surface area contributed by atoms with Crippen LogP contribution in [0.15, 0.2) is 24.3 Å². The number of nitrogens with zero attached hydrogens (tertiary/aromatic N) is 1. The first kappa shape index (κ1) is 21.8. The topological polar surface area (TPSA) is 70.7 Å². The van der Waals surface area contributed by atoms with E-state index >= 15 is 0 Å². The van der Waals surface area contributed by atoms with Gasteiger partial charge in [0.2, 0.25) is 5.91 Å². The summed E-state index contributed by atoms with van der Waals surface area (Å²) in [5.74, 6) is 1.20. The second kappa shape index (κ2) is 9.83. The summed E-state index contributed by atoms with van der Waals surface area (Å²) in [6.07, 6.45) is 5.29. The molecule has 1 aromatic carbocycles. The highest BCUT2D eigenvalue weighted by molar-refractivity contribution is 7.17. The average molecular weight is 442 g/mol. The minimum Gasteiger partial charge on any atom is -0.494 e. The highest BCUT2D eigenvalue weighted by Gasteiger charge is 2.28.